The molecule has 1 aliphatic carbocycles. The molecule has 2 aromatic rings. The Kier molecular flexibility index (Phi) is 8.18. The van der Waals surface area contributed by atoms with E-state index in [0.717, 1.165) is 59.9 Å². The molecular formula is C35H42N4O2. The lowest BCUT2D eigenvalue weighted by molar-refractivity contribution is 0.162. The molecule has 0 radical (unpaired) electrons. The summed E-state index contributed by atoms with van der Waals surface area (Å²) in [6.07, 6.45) is 11.5. The van der Waals surface area contributed by atoms with E-state index >= 15 is 0 Å². The fourth-order valence-corrected chi connectivity index (χ4v) is 6.90. The van der Waals surface area contributed by atoms with Crippen LogP contribution in [-0.2, 0) is 13.1 Å². The average Bonchev–Trinajstić information content (AvgIpc) is 3.40. The van der Waals surface area contributed by atoms with Gasteiger partial charge in [0.1, 0.15) is 5.75 Å². The van der Waals surface area contributed by atoms with Crippen LogP contribution in [0.1, 0.15) is 67.7 Å². The van der Waals surface area contributed by atoms with Crippen LogP contribution >= 0.6 is 0 Å². The molecule has 0 atom stereocenters. The van der Waals surface area contributed by atoms with Gasteiger partial charge in [-0.15, -0.1) is 0 Å². The number of hydrogen-bond acceptors (Lipinski definition) is 4. The van der Waals surface area contributed by atoms with Gasteiger partial charge in [0.15, 0.2) is 0 Å². The fraction of sp³-hybridized carbons (Fsp3) is 0.457. The van der Waals surface area contributed by atoms with Crippen LogP contribution in [-0.4, -0.2) is 53.7 Å². The van der Waals surface area contributed by atoms with Crippen LogP contribution in [0.15, 0.2) is 48.1 Å². The van der Waals surface area contributed by atoms with Gasteiger partial charge in [0, 0.05) is 25.1 Å². The van der Waals surface area contributed by atoms with Crippen molar-refractivity contribution in [2.24, 2.45) is 5.92 Å². The number of aryl methyl sites for hydroxylation is 1. The lowest BCUT2D eigenvalue weighted by Crippen LogP contribution is -2.42. The Morgan fingerprint density at radius 3 is 2.63 bits per heavy atom. The number of nitrogens with zero attached hydrogens (tertiary/aromatic N) is 3. The van der Waals surface area contributed by atoms with Crippen LogP contribution in [0.4, 0.5) is 16.2 Å². The molecule has 2 amide bonds. The molecule has 41 heavy (non-hydrogen) atoms. The molecule has 6 rings (SSSR count). The van der Waals surface area contributed by atoms with Crippen molar-refractivity contribution in [3.05, 3.63) is 70.3 Å². The van der Waals surface area contributed by atoms with Gasteiger partial charge in [0.25, 0.3) is 0 Å². The molecule has 2 saturated heterocycles. The molecule has 214 valence electrons. The summed E-state index contributed by atoms with van der Waals surface area (Å²) in [6, 6.07) is 9.67. The lowest BCUT2D eigenvalue weighted by Gasteiger charge is -2.35. The summed E-state index contributed by atoms with van der Waals surface area (Å²) in [5.74, 6) is 7.34. The van der Waals surface area contributed by atoms with Crippen molar-refractivity contribution in [3.8, 4) is 17.6 Å². The Bertz CT molecular complexity index is 1410. The Balaban J connectivity index is 1.31. The summed E-state index contributed by atoms with van der Waals surface area (Å²) in [7, 11) is 0. The number of urea groups is 1. The quantitative estimate of drug-likeness (QED) is 0.387. The molecule has 2 N–H and O–H groups in total. The number of allylic oxidation sites excluding steroid dienone is 4. The number of aromatic hydroxyl groups is 1. The van der Waals surface area contributed by atoms with Crippen molar-refractivity contribution in [2.45, 2.75) is 65.5 Å². The van der Waals surface area contributed by atoms with Crippen molar-refractivity contribution in [1.29, 1.82) is 0 Å². The summed E-state index contributed by atoms with van der Waals surface area (Å²) in [5, 5.41) is 13.9. The van der Waals surface area contributed by atoms with Crippen LogP contribution in [0.5, 0.6) is 5.75 Å². The van der Waals surface area contributed by atoms with Crippen molar-refractivity contribution >= 4 is 23.0 Å². The van der Waals surface area contributed by atoms with E-state index in [-0.39, 0.29) is 11.8 Å². The van der Waals surface area contributed by atoms with Gasteiger partial charge >= 0.3 is 6.03 Å². The van der Waals surface area contributed by atoms with Gasteiger partial charge in [0.05, 0.1) is 11.4 Å². The van der Waals surface area contributed by atoms with Gasteiger partial charge in [-0.2, -0.15) is 0 Å². The summed E-state index contributed by atoms with van der Waals surface area (Å²) >= 11 is 0. The van der Waals surface area contributed by atoms with Crippen LogP contribution in [0, 0.1) is 24.7 Å². The second kappa shape index (κ2) is 12.1. The van der Waals surface area contributed by atoms with E-state index in [1.807, 2.05) is 25.1 Å². The van der Waals surface area contributed by atoms with E-state index in [1.165, 1.54) is 62.9 Å². The topological polar surface area (TPSA) is 59.0 Å². The van der Waals surface area contributed by atoms with Crippen LogP contribution in [0.25, 0.3) is 5.57 Å². The minimum Gasteiger partial charge on any atom is -0.506 e. The number of benzene rings is 2. The molecule has 2 aromatic carbocycles. The van der Waals surface area contributed by atoms with E-state index < -0.39 is 0 Å². The number of fused-ring (bicyclic) bond motifs is 1. The number of likely N-dealkylation sites (tertiary alicyclic amines) is 2. The highest BCUT2D eigenvalue weighted by atomic mass is 16.3. The van der Waals surface area contributed by atoms with Gasteiger partial charge < -0.3 is 15.3 Å². The van der Waals surface area contributed by atoms with E-state index in [2.05, 4.69) is 52.1 Å². The van der Waals surface area contributed by atoms with Crippen molar-refractivity contribution < 1.29 is 9.90 Å². The van der Waals surface area contributed by atoms with Gasteiger partial charge in [-0.05, 0) is 137 Å². The number of para-hydroxylation sites is 1. The molecule has 6 nitrogen and oxygen atoms in total. The highest BCUT2D eigenvalue weighted by molar-refractivity contribution is 6.05. The third-order valence-electron chi connectivity index (χ3n) is 9.30. The van der Waals surface area contributed by atoms with Crippen molar-refractivity contribution in [2.75, 3.05) is 37.6 Å². The highest BCUT2D eigenvalue weighted by Crippen LogP contribution is 2.43. The molecule has 6 heteroatoms. The summed E-state index contributed by atoms with van der Waals surface area (Å²) in [4.78, 5) is 20.3. The molecule has 2 fully saturated rings. The molecule has 3 heterocycles. The molecule has 0 aromatic heterocycles. The number of rotatable bonds is 7. The standard InChI is InChI=1S/C35H42N4O2/c1-25-9-4-3-5-11-29(25)30-21-28(24-38-19-14-27(15-20-38)13-18-37-16-6-7-17-37)22-32-31(30)23-36-35(41)39(32)34-26(2)10-8-12-33(34)40/h8-12,21-22,27,40H,4,6-7,13-20,23-24H2,1-2H3,(H,36,41). The monoisotopic (exact) mass is 550 g/mol. The summed E-state index contributed by atoms with van der Waals surface area (Å²) in [5.41, 5.74) is 7.88. The first-order chi connectivity index (χ1) is 20.0. The maximum Gasteiger partial charge on any atom is 0.326 e. The number of carbonyl (C=O) groups excluding carboxylic acids is 1. The van der Waals surface area contributed by atoms with Crippen molar-refractivity contribution in [3.63, 3.8) is 0 Å². The number of carbonyl (C=O) groups is 1. The van der Waals surface area contributed by atoms with E-state index in [9.17, 15) is 9.90 Å². The summed E-state index contributed by atoms with van der Waals surface area (Å²) in [6.45, 7) is 11.4. The van der Waals surface area contributed by atoms with Gasteiger partial charge in [0.2, 0.25) is 0 Å². The first kappa shape index (κ1) is 27.6. The zero-order chi connectivity index (χ0) is 28.3. The first-order valence-electron chi connectivity index (χ1n) is 15.3. The van der Waals surface area contributed by atoms with Gasteiger partial charge in [-0.25, -0.2) is 4.79 Å². The number of phenols is 1. The Labute approximate surface area is 244 Å². The predicted molar refractivity (Wildman–Crippen MR) is 166 cm³/mol. The van der Waals surface area contributed by atoms with Crippen LogP contribution in [0.2, 0.25) is 0 Å². The first-order valence-corrected chi connectivity index (χ1v) is 15.3. The van der Waals surface area contributed by atoms with Gasteiger partial charge in [-0.3, -0.25) is 9.80 Å². The van der Waals surface area contributed by atoms with E-state index in [0.29, 0.717) is 12.2 Å². The van der Waals surface area contributed by atoms with Crippen LogP contribution in [0.3, 0.4) is 0 Å². The number of piperidine rings is 1. The molecule has 3 aliphatic heterocycles. The number of nitrogens with one attached hydrogen (secondary N) is 1. The maximum atomic E-state index is 13.4. The molecular weight excluding hydrogens is 508 g/mol. The summed E-state index contributed by atoms with van der Waals surface area (Å²) < 4.78 is 0. The van der Waals surface area contributed by atoms with E-state index in [4.69, 9.17) is 0 Å². The van der Waals surface area contributed by atoms with Crippen LogP contribution < -0.4 is 10.2 Å². The fourth-order valence-electron chi connectivity index (χ4n) is 6.90. The number of amides is 2. The number of hydrogen-bond donors (Lipinski definition) is 2. The maximum absolute atomic E-state index is 13.4. The lowest BCUT2D eigenvalue weighted by atomic mass is 9.89. The third-order valence-corrected chi connectivity index (χ3v) is 9.30. The van der Waals surface area contributed by atoms with E-state index in [1.54, 1.807) is 11.0 Å². The predicted octanol–water partition coefficient (Wildman–Crippen LogP) is 6.50. The van der Waals surface area contributed by atoms with Crippen molar-refractivity contribution in [1.82, 2.24) is 15.1 Å². The Hall–Kier alpha value is -3.53. The largest absolute Gasteiger partial charge is 0.506 e. The third kappa shape index (κ3) is 5.93. The molecule has 4 aliphatic rings. The van der Waals surface area contributed by atoms with Gasteiger partial charge in [-0.1, -0.05) is 30.0 Å². The average molecular weight is 551 g/mol. The zero-order valence-corrected chi connectivity index (χ0v) is 24.5. The molecule has 0 unspecified atom stereocenters. The Morgan fingerprint density at radius 2 is 1.85 bits per heavy atom. The minimum absolute atomic E-state index is 0.103. The SMILES string of the molecule is CC1=CCC#CC=C1c1cc(CN2CCC(CCN3CCCC3)CC2)cc2c1CNC(=O)N2c1c(C)cccc1O. The Morgan fingerprint density at radius 1 is 1.05 bits per heavy atom. The highest BCUT2D eigenvalue weighted by Gasteiger charge is 2.32. The smallest absolute Gasteiger partial charge is 0.326 e. The molecule has 0 spiro atoms. The number of phenolic OH excluding ortho intramolecular Hbond substituents is 1. The molecule has 0 saturated carbocycles. The number of anilines is 2. The zero-order valence-electron chi connectivity index (χ0n) is 24.5. The second-order valence-electron chi connectivity index (χ2n) is 12.1. The molecule has 0 bridgehead atoms. The normalized spacial score (nSPS) is 20.0. The second-order valence-corrected chi connectivity index (χ2v) is 12.1. The minimum atomic E-state index is -0.217.